The predicted octanol–water partition coefficient (Wildman–Crippen LogP) is 6.14. The molecule has 4 aromatic rings. The number of benzene rings is 4. The first-order valence-corrected chi connectivity index (χ1v) is 12.8. The van der Waals surface area contributed by atoms with Crippen molar-refractivity contribution in [3.8, 4) is 23.3 Å². The molecule has 0 spiro atoms. The number of hydrogen-bond donors (Lipinski definition) is 1. The lowest BCUT2D eigenvalue weighted by Crippen LogP contribution is -2.14. The van der Waals surface area contributed by atoms with Crippen molar-refractivity contribution >= 4 is 34.1 Å². The number of carbonyl (C=O) groups excluding carboxylic acids is 1. The summed E-state index contributed by atoms with van der Waals surface area (Å²) in [6.45, 7) is 2.37. The lowest BCUT2D eigenvalue weighted by Gasteiger charge is -2.21. The van der Waals surface area contributed by atoms with Crippen molar-refractivity contribution in [2.75, 3.05) is 18.7 Å². The van der Waals surface area contributed by atoms with Crippen molar-refractivity contribution in [2.45, 2.75) is 20.1 Å². The Bertz CT molecular complexity index is 1700. The first-order chi connectivity index (χ1) is 20.0. The highest BCUT2D eigenvalue weighted by Gasteiger charge is 2.22. The number of nitrogens with zero attached hydrogens (tertiary/aromatic N) is 2. The van der Waals surface area contributed by atoms with E-state index in [4.69, 9.17) is 18.9 Å². The molecular weight excluding hydrogens is 526 g/mol. The maximum Gasteiger partial charge on any atom is 0.270 e. The normalized spacial score (nSPS) is 12.5. The maximum absolute atomic E-state index is 13.0. The second-order valence-corrected chi connectivity index (χ2v) is 9.04. The van der Waals surface area contributed by atoms with Crippen LogP contribution < -0.4 is 19.5 Å². The number of non-ortho nitro benzene ring substituents is 1. The van der Waals surface area contributed by atoms with Crippen molar-refractivity contribution < 1.29 is 28.7 Å². The van der Waals surface area contributed by atoms with E-state index in [0.717, 1.165) is 10.8 Å². The standard InChI is InChI=1S/C31H25N3O7/c1-2-39-29-13-20(12-22(16-32)31(35)33-27-9-5-7-21-6-3-4-8-26(21)27)10-11-28(29)40-18-24-15-25(34(36)37)14-23-17-38-19-41-30(23)24/h3-15H,2,17-19H2,1H3,(H,33,35)/b22-12-. The molecular formula is C31H25N3O7. The maximum atomic E-state index is 13.0. The Labute approximate surface area is 235 Å². The van der Waals surface area contributed by atoms with Gasteiger partial charge in [0.15, 0.2) is 18.3 Å². The van der Waals surface area contributed by atoms with Crippen LogP contribution in [0.25, 0.3) is 16.8 Å². The highest BCUT2D eigenvalue weighted by Crippen LogP contribution is 2.35. The van der Waals surface area contributed by atoms with Crippen LogP contribution in [0.15, 0.2) is 78.4 Å². The number of anilines is 1. The number of ether oxygens (including phenoxy) is 4. The van der Waals surface area contributed by atoms with Gasteiger partial charge in [0.2, 0.25) is 0 Å². The fourth-order valence-electron chi connectivity index (χ4n) is 4.49. The van der Waals surface area contributed by atoms with E-state index in [-0.39, 0.29) is 31.3 Å². The number of carbonyl (C=O) groups is 1. The van der Waals surface area contributed by atoms with E-state index in [9.17, 15) is 20.2 Å². The zero-order chi connectivity index (χ0) is 28.8. The minimum absolute atomic E-state index is 0.0177. The Hall–Kier alpha value is -5.40. The summed E-state index contributed by atoms with van der Waals surface area (Å²) in [6, 6.07) is 23.0. The smallest absolute Gasteiger partial charge is 0.270 e. The molecule has 0 fully saturated rings. The predicted molar refractivity (Wildman–Crippen MR) is 151 cm³/mol. The van der Waals surface area contributed by atoms with Gasteiger partial charge in [-0.2, -0.15) is 5.26 Å². The summed E-state index contributed by atoms with van der Waals surface area (Å²) in [5.41, 5.74) is 2.05. The molecule has 0 bridgehead atoms. The van der Waals surface area contributed by atoms with Gasteiger partial charge in [-0.3, -0.25) is 14.9 Å². The van der Waals surface area contributed by atoms with E-state index in [0.29, 0.717) is 46.2 Å². The van der Waals surface area contributed by atoms with Crippen molar-refractivity contribution in [1.82, 2.24) is 0 Å². The molecule has 0 aliphatic carbocycles. The molecule has 10 heteroatoms. The summed E-state index contributed by atoms with van der Waals surface area (Å²) in [7, 11) is 0. The lowest BCUT2D eigenvalue weighted by molar-refractivity contribution is -0.385. The van der Waals surface area contributed by atoms with E-state index < -0.39 is 10.8 Å². The average molecular weight is 552 g/mol. The molecule has 5 rings (SSSR count). The molecule has 10 nitrogen and oxygen atoms in total. The van der Waals surface area contributed by atoms with E-state index in [1.54, 1.807) is 24.3 Å². The van der Waals surface area contributed by atoms with Gasteiger partial charge >= 0.3 is 0 Å². The molecule has 0 atom stereocenters. The minimum atomic E-state index is -0.540. The molecule has 0 aromatic heterocycles. The largest absolute Gasteiger partial charge is 0.490 e. The van der Waals surface area contributed by atoms with Gasteiger partial charge in [0.05, 0.1) is 18.1 Å². The van der Waals surface area contributed by atoms with Gasteiger partial charge in [0, 0.05) is 34.3 Å². The molecule has 1 aliphatic rings. The molecule has 1 heterocycles. The first-order valence-electron chi connectivity index (χ1n) is 12.8. The molecule has 0 saturated carbocycles. The summed E-state index contributed by atoms with van der Waals surface area (Å²) < 4.78 is 22.6. The Morgan fingerprint density at radius 3 is 2.73 bits per heavy atom. The van der Waals surface area contributed by atoms with Crippen LogP contribution in [0.1, 0.15) is 23.6 Å². The number of nitrogens with one attached hydrogen (secondary N) is 1. The highest BCUT2D eigenvalue weighted by atomic mass is 16.7. The second kappa shape index (κ2) is 12.2. The number of nitro groups is 1. The van der Waals surface area contributed by atoms with E-state index >= 15 is 0 Å². The van der Waals surface area contributed by atoms with Crippen LogP contribution in [0.4, 0.5) is 11.4 Å². The molecule has 1 amide bonds. The van der Waals surface area contributed by atoms with Gasteiger partial charge in [-0.1, -0.05) is 42.5 Å². The van der Waals surface area contributed by atoms with Gasteiger partial charge < -0.3 is 24.3 Å². The Morgan fingerprint density at radius 2 is 1.93 bits per heavy atom. The summed E-state index contributed by atoms with van der Waals surface area (Å²) in [5, 5.41) is 25.8. The lowest BCUT2D eigenvalue weighted by atomic mass is 10.1. The van der Waals surface area contributed by atoms with Gasteiger partial charge in [-0.15, -0.1) is 0 Å². The van der Waals surface area contributed by atoms with Crippen LogP contribution >= 0.6 is 0 Å². The van der Waals surface area contributed by atoms with Crippen molar-refractivity contribution in [3.05, 3.63) is 105 Å². The van der Waals surface area contributed by atoms with Crippen LogP contribution in [0, 0.1) is 21.4 Å². The molecule has 1 aliphatic heterocycles. The summed E-state index contributed by atoms with van der Waals surface area (Å²) in [6.07, 6.45) is 1.47. The van der Waals surface area contributed by atoms with Gasteiger partial charge in [-0.25, -0.2) is 0 Å². The number of rotatable bonds is 9. The number of nitriles is 1. The van der Waals surface area contributed by atoms with Crippen LogP contribution in [0.2, 0.25) is 0 Å². The van der Waals surface area contributed by atoms with Gasteiger partial charge in [-0.05, 0) is 42.1 Å². The summed E-state index contributed by atoms with van der Waals surface area (Å²) >= 11 is 0. The fourth-order valence-corrected chi connectivity index (χ4v) is 4.49. The Balaban J connectivity index is 1.37. The van der Waals surface area contributed by atoms with Crippen molar-refractivity contribution in [3.63, 3.8) is 0 Å². The SMILES string of the molecule is CCOc1cc(/C=C(/C#N)C(=O)Nc2cccc3ccccc23)ccc1OCc1cc([N+](=O)[O-])cc2c1OCOC2. The third-order valence-corrected chi connectivity index (χ3v) is 6.35. The van der Waals surface area contributed by atoms with Crippen molar-refractivity contribution in [2.24, 2.45) is 0 Å². The minimum Gasteiger partial charge on any atom is -0.490 e. The number of fused-ring (bicyclic) bond motifs is 2. The third kappa shape index (κ3) is 6.11. The van der Waals surface area contributed by atoms with E-state index in [2.05, 4.69) is 5.32 Å². The van der Waals surface area contributed by atoms with Gasteiger partial charge in [0.1, 0.15) is 24.0 Å². The van der Waals surface area contributed by atoms with Crippen LogP contribution in [0.3, 0.4) is 0 Å². The molecule has 0 radical (unpaired) electrons. The third-order valence-electron chi connectivity index (χ3n) is 6.35. The molecule has 1 N–H and O–H groups in total. The Kier molecular flexibility index (Phi) is 8.08. The van der Waals surface area contributed by atoms with E-state index in [1.807, 2.05) is 49.4 Å². The zero-order valence-electron chi connectivity index (χ0n) is 22.1. The van der Waals surface area contributed by atoms with Crippen LogP contribution in [0.5, 0.6) is 17.2 Å². The number of amides is 1. The average Bonchev–Trinajstić information content (AvgIpc) is 2.99. The molecule has 206 valence electrons. The first kappa shape index (κ1) is 27.2. The molecule has 0 unspecified atom stereocenters. The summed E-state index contributed by atoms with van der Waals surface area (Å²) in [5.74, 6) is 0.725. The van der Waals surface area contributed by atoms with Crippen LogP contribution in [-0.4, -0.2) is 24.2 Å². The Morgan fingerprint density at radius 1 is 1.10 bits per heavy atom. The van der Waals surface area contributed by atoms with Crippen molar-refractivity contribution in [1.29, 1.82) is 5.26 Å². The van der Waals surface area contributed by atoms with Gasteiger partial charge in [0.25, 0.3) is 11.6 Å². The van der Waals surface area contributed by atoms with E-state index in [1.165, 1.54) is 18.2 Å². The topological polar surface area (TPSA) is 133 Å². The monoisotopic (exact) mass is 551 g/mol. The summed E-state index contributed by atoms with van der Waals surface area (Å²) in [4.78, 5) is 23.9. The zero-order valence-corrected chi connectivity index (χ0v) is 22.1. The molecule has 4 aromatic carbocycles. The molecule has 41 heavy (non-hydrogen) atoms. The fraction of sp³-hybridized carbons (Fsp3) is 0.161. The highest BCUT2D eigenvalue weighted by molar-refractivity contribution is 6.12. The number of hydrogen-bond acceptors (Lipinski definition) is 8. The number of nitro benzene ring substituents is 1. The van der Waals surface area contributed by atoms with Crippen LogP contribution in [-0.2, 0) is 22.7 Å². The quantitative estimate of drug-likeness (QED) is 0.114. The molecule has 0 saturated heterocycles. The second-order valence-electron chi connectivity index (χ2n) is 9.04.